The normalized spacial score (nSPS) is 11.5. The highest BCUT2D eigenvalue weighted by atomic mass is 35.5. The molecular weight excluding hydrogens is 524 g/mol. The van der Waals surface area contributed by atoms with E-state index in [1.807, 2.05) is 50.2 Å². The van der Waals surface area contributed by atoms with Crippen LogP contribution in [0.2, 0.25) is 5.02 Å². The van der Waals surface area contributed by atoms with Crippen molar-refractivity contribution in [1.82, 2.24) is 9.99 Å². The number of anilines is 1. The third kappa shape index (κ3) is 5.74. The summed E-state index contributed by atoms with van der Waals surface area (Å²) in [4.78, 5) is 13.0. The monoisotopic (exact) mass is 550 g/mol. The number of carbonyl (C=O) groups excluding carboxylic acids is 1. The van der Waals surface area contributed by atoms with Crippen molar-refractivity contribution in [2.45, 2.75) is 18.7 Å². The molecule has 1 heterocycles. The second-order valence-corrected chi connectivity index (χ2v) is 10.7. The largest absolute Gasteiger partial charge is 0.495 e. The summed E-state index contributed by atoms with van der Waals surface area (Å²) in [7, 11) is -2.72. The van der Waals surface area contributed by atoms with Gasteiger partial charge in [-0.3, -0.25) is 9.10 Å². The van der Waals surface area contributed by atoms with Crippen LogP contribution in [0.5, 0.6) is 5.75 Å². The van der Waals surface area contributed by atoms with Gasteiger partial charge in [0.2, 0.25) is 0 Å². The Morgan fingerprint density at radius 1 is 1.03 bits per heavy atom. The summed E-state index contributed by atoms with van der Waals surface area (Å²) in [6, 6.07) is 24.3. The van der Waals surface area contributed by atoms with Crippen molar-refractivity contribution in [2.24, 2.45) is 5.10 Å². The predicted octanol–water partition coefficient (Wildman–Crippen LogP) is 5.10. The van der Waals surface area contributed by atoms with Crippen LogP contribution in [0.15, 0.2) is 94.9 Å². The maximum absolute atomic E-state index is 13.6. The van der Waals surface area contributed by atoms with E-state index in [1.165, 1.54) is 31.5 Å². The van der Waals surface area contributed by atoms with Crippen LogP contribution in [0.3, 0.4) is 0 Å². The van der Waals surface area contributed by atoms with Crippen molar-refractivity contribution in [1.29, 1.82) is 0 Å². The van der Waals surface area contributed by atoms with Gasteiger partial charge in [-0.2, -0.15) is 5.10 Å². The van der Waals surface area contributed by atoms with Crippen molar-refractivity contribution in [3.8, 4) is 11.4 Å². The van der Waals surface area contributed by atoms with Gasteiger partial charge < -0.3 is 9.30 Å². The lowest BCUT2D eigenvalue weighted by Gasteiger charge is -2.25. The molecule has 8 nitrogen and oxygen atoms in total. The molecule has 38 heavy (non-hydrogen) atoms. The Kier molecular flexibility index (Phi) is 8.19. The topological polar surface area (TPSA) is 93.0 Å². The van der Waals surface area contributed by atoms with Gasteiger partial charge in [0.15, 0.2) is 0 Å². The number of amides is 1. The molecule has 4 aromatic rings. The summed E-state index contributed by atoms with van der Waals surface area (Å²) in [5, 5.41) is 4.39. The van der Waals surface area contributed by atoms with E-state index >= 15 is 0 Å². The lowest BCUT2D eigenvalue weighted by Crippen LogP contribution is -2.39. The van der Waals surface area contributed by atoms with Gasteiger partial charge in [-0.1, -0.05) is 48.0 Å². The second kappa shape index (κ2) is 11.5. The van der Waals surface area contributed by atoms with Crippen LogP contribution >= 0.6 is 11.6 Å². The molecule has 3 aromatic carbocycles. The third-order valence-electron chi connectivity index (χ3n) is 5.91. The minimum atomic E-state index is -4.14. The van der Waals surface area contributed by atoms with Crippen molar-refractivity contribution < 1.29 is 17.9 Å². The fourth-order valence-electron chi connectivity index (χ4n) is 4.11. The molecule has 0 spiro atoms. The van der Waals surface area contributed by atoms with E-state index in [9.17, 15) is 13.2 Å². The van der Waals surface area contributed by atoms with Gasteiger partial charge in [0.25, 0.3) is 15.9 Å². The molecule has 0 aliphatic heterocycles. The number of aryl methyl sites for hydroxylation is 1. The fourth-order valence-corrected chi connectivity index (χ4v) is 5.72. The molecule has 0 unspecified atom stereocenters. The molecule has 0 bridgehead atoms. The van der Waals surface area contributed by atoms with Gasteiger partial charge in [0.05, 0.1) is 23.9 Å². The fraction of sp³-hybridized carbons (Fsp3) is 0.143. The molecule has 0 aliphatic carbocycles. The van der Waals surface area contributed by atoms with E-state index in [2.05, 4.69) is 15.1 Å². The van der Waals surface area contributed by atoms with Crippen molar-refractivity contribution >= 4 is 39.4 Å². The maximum Gasteiger partial charge on any atom is 0.264 e. The smallest absolute Gasteiger partial charge is 0.264 e. The Morgan fingerprint density at radius 3 is 2.34 bits per heavy atom. The highest BCUT2D eigenvalue weighted by molar-refractivity contribution is 7.92. The molecular formula is C28H27ClN4O4S. The van der Waals surface area contributed by atoms with Gasteiger partial charge in [-0.15, -0.1) is 0 Å². The van der Waals surface area contributed by atoms with E-state index in [0.717, 1.165) is 26.9 Å². The number of carbonyl (C=O) groups is 1. The number of benzene rings is 3. The van der Waals surface area contributed by atoms with Gasteiger partial charge >= 0.3 is 0 Å². The molecule has 0 saturated heterocycles. The molecule has 0 aliphatic rings. The Balaban J connectivity index is 1.59. The number of methoxy groups -OCH3 is 1. The number of para-hydroxylation sites is 1. The Hall–Kier alpha value is -4.08. The zero-order valence-electron chi connectivity index (χ0n) is 21.1. The van der Waals surface area contributed by atoms with Crippen molar-refractivity contribution in [2.75, 3.05) is 18.0 Å². The predicted molar refractivity (Wildman–Crippen MR) is 150 cm³/mol. The minimum Gasteiger partial charge on any atom is -0.495 e. The van der Waals surface area contributed by atoms with E-state index in [4.69, 9.17) is 16.3 Å². The lowest BCUT2D eigenvalue weighted by atomic mass is 10.2. The molecule has 10 heteroatoms. The first-order valence-electron chi connectivity index (χ1n) is 11.7. The molecule has 4 rings (SSSR count). The first-order valence-corrected chi connectivity index (χ1v) is 13.5. The van der Waals surface area contributed by atoms with E-state index in [1.54, 1.807) is 30.3 Å². The van der Waals surface area contributed by atoms with Gasteiger partial charge in [-0.25, -0.2) is 13.8 Å². The van der Waals surface area contributed by atoms with Gasteiger partial charge in [0, 0.05) is 27.7 Å². The Labute approximate surface area is 227 Å². The van der Waals surface area contributed by atoms with Crippen LogP contribution in [-0.4, -0.2) is 38.8 Å². The number of sulfonamides is 1. The first-order chi connectivity index (χ1) is 18.2. The minimum absolute atomic E-state index is 0.0201. The summed E-state index contributed by atoms with van der Waals surface area (Å²) >= 11 is 6.17. The van der Waals surface area contributed by atoms with Crippen LogP contribution in [0, 0.1) is 13.8 Å². The van der Waals surface area contributed by atoms with Crippen LogP contribution in [0.25, 0.3) is 5.69 Å². The first kappa shape index (κ1) is 27.0. The van der Waals surface area contributed by atoms with Crippen molar-refractivity contribution in [3.63, 3.8) is 0 Å². The zero-order valence-corrected chi connectivity index (χ0v) is 22.7. The highest BCUT2D eigenvalue weighted by Crippen LogP contribution is 2.34. The molecule has 1 amide bonds. The van der Waals surface area contributed by atoms with Gasteiger partial charge in [-0.05, 0) is 62.4 Å². The third-order valence-corrected chi connectivity index (χ3v) is 7.91. The second-order valence-electron chi connectivity index (χ2n) is 8.43. The average molecular weight is 551 g/mol. The number of hydrogen-bond donors (Lipinski definition) is 1. The van der Waals surface area contributed by atoms with Crippen LogP contribution < -0.4 is 14.5 Å². The Bertz CT molecular complexity index is 1570. The molecule has 0 saturated carbocycles. The number of aromatic nitrogens is 1. The molecule has 0 radical (unpaired) electrons. The number of nitrogens with zero attached hydrogens (tertiary/aromatic N) is 3. The number of halogens is 1. The molecule has 1 N–H and O–H groups in total. The highest BCUT2D eigenvalue weighted by Gasteiger charge is 2.29. The average Bonchev–Trinajstić information content (AvgIpc) is 3.20. The lowest BCUT2D eigenvalue weighted by molar-refractivity contribution is -0.119. The summed E-state index contributed by atoms with van der Waals surface area (Å²) in [5.41, 5.74) is 6.37. The van der Waals surface area contributed by atoms with E-state index in [-0.39, 0.29) is 16.3 Å². The van der Waals surface area contributed by atoms with Crippen LogP contribution in [0.1, 0.15) is 17.0 Å². The quantitative estimate of drug-likeness (QED) is 0.232. The summed E-state index contributed by atoms with van der Waals surface area (Å²) in [5.74, 6) is -0.391. The van der Waals surface area contributed by atoms with Crippen LogP contribution in [-0.2, 0) is 14.8 Å². The number of ether oxygens (including phenoxy) is 1. The summed E-state index contributed by atoms with van der Waals surface area (Å²) < 4.78 is 35.5. The van der Waals surface area contributed by atoms with E-state index in [0.29, 0.717) is 5.02 Å². The molecule has 0 atom stereocenters. The molecule has 196 valence electrons. The number of hydrazone groups is 1. The van der Waals surface area contributed by atoms with Gasteiger partial charge in [0.1, 0.15) is 12.3 Å². The zero-order chi connectivity index (χ0) is 27.3. The number of nitrogens with one attached hydrogen (secondary N) is 1. The molecule has 1 aromatic heterocycles. The van der Waals surface area contributed by atoms with Crippen LogP contribution in [0.4, 0.5) is 5.69 Å². The standard InChI is InChI=1S/C28H27ClN4O4S/c1-20-16-22(21(2)33(20)24-10-6-4-7-11-24)18-30-31-28(34)19-32(26-17-23(29)14-15-27(26)37-3)38(35,36)25-12-8-5-9-13-25/h4-18H,19H2,1-3H3,(H,31,34)/b30-18+. The Morgan fingerprint density at radius 2 is 1.68 bits per heavy atom. The van der Waals surface area contributed by atoms with E-state index < -0.39 is 22.5 Å². The summed E-state index contributed by atoms with van der Waals surface area (Å²) in [6.07, 6.45) is 1.54. The van der Waals surface area contributed by atoms with Crippen molar-refractivity contribution in [3.05, 3.63) is 107 Å². The summed E-state index contributed by atoms with van der Waals surface area (Å²) in [6.45, 7) is 3.40. The number of rotatable bonds is 9. The maximum atomic E-state index is 13.6. The molecule has 0 fully saturated rings. The SMILES string of the molecule is COc1ccc(Cl)cc1N(CC(=O)N/N=C/c1cc(C)n(-c2ccccc2)c1C)S(=O)(=O)c1ccccc1. The number of hydrogen-bond acceptors (Lipinski definition) is 5.